The normalized spacial score (nSPS) is 16.5. The molecule has 0 bridgehead atoms. The van der Waals surface area contributed by atoms with E-state index in [9.17, 15) is 19.8 Å². The second-order valence-electron chi connectivity index (χ2n) is 15.4. The Morgan fingerprint density at radius 1 is 1.06 bits per heavy atom. The van der Waals surface area contributed by atoms with Gasteiger partial charge >= 0.3 is 5.97 Å². The number of carboxylic acid groups (broad SMARTS) is 1. The Bertz CT molecular complexity index is 1360. The average Bonchev–Trinajstić information content (AvgIpc) is 3.41. The van der Waals surface area contributed by atoms with Gasteiger partial charge in [0.05, 0.1) is 42.0 Å². The van der Waals surface area contributed by atoms with Crippen molar-refractivity contribution in [1.29, 1.82) is 0 Å². The summed E-state index contributed by atoms with van der Waals surface area (Å²) in [6, 6.07) is 9.95. The zero-order valence-electron chi connectivity index (χ0n) is 31.2. The van der Waals surface area contributed by atoms with Gasteiger partial charge in [-0.3, -0.25) is 9.59 Å². The smallest absolute Gasteiger partial charge is 0.305 e. The van der Waals surface area contributed by atoms with E-state index in [1.807, 2.05) is 82.5 Å². The number of aromatic nitrogens is 1. The topological polar surface area (TPSA) is 106 Å². The van der Waals surface area contributed by atoms with Crippen molar-refractivity contribution < 1.29 is 29.0 Å². The second-order valence-corrected chi connectivity index (χ2v) is 21.2. The minimum Gasteiger partial charge on any atom is -0.481 e. The van der Waals surface area contributed by atoms with E-state index in [-0.39, 0.29) is 29.3 Å². The van der Waals surface area contributed by atoms with Gasteiger partial charge in [0.1, 0.15) is 5.78 Å². The number of carboxylic acids is 1. The lowest BCUT2D eigenvalue weighted by Crippen LogP contribution is -2.52. The molecule has 268 valence electrons. The van der Waals surface area contributed by atoms with Crippen molar-refractivity contribution >= 4 is 37.5 Å². The van der Waals surface area contributed by atoms with Gasteiger partial charge in [-0.25, -0.2) is 4.98 Å². The van der Waals surface area contributed by atoms with Crippen molar-refractivity contribution in [2.24, 2.45) is 17.3 Å². The maximum atomic E-state index is 14.4. The molecular weight excluding hydrogens is 639 g/mol. The van der Waals surface area contributed by atoms with Gasteiger partial charge in [-0.2, -0.15) is 0 Å². The van der Waals surface area contributed by atoms with Crippen LogP contribution >= 0.6 is 11.3 Å². The van der Waals surface area contributed by atoms with Crippen LogP contribution in [0.3, 0.4) is 0 Å². The van der Waals surface area contributed by atoms with E-state index in [1.54, 1.807) is 11.3 Å². The highest BCUT2D eigenvalue weighted by Crippen LogP contribution is 2.42. The van der Waals surface area contributed by atoms with Crippen molar-refractivity contribution in [1.82, 2.24) is 4.98 Å². The van der Waals surface area contributed by atoms with E-state index < -0.39 is 37.8 Å². The molecule has 0 fully saturated rings. The van der Waals surface area contributed by atoms with Crippen molar-refractivity contribution in [3.63, 3.8) is 0 Å². The molecule has 2 rings (SSSR count). The molecule has 2 N–H and O–H groups in total. The van der Waals surface area contributed by atoms with Crippen LogP contribution in [-0.4, -0.2) is 53.6 Å². The summed E-state index contributed by atoms with van der Waals surface area (Å²) in [5.74, 6) is -1.41. The average molecular weight is 700 g/mol. The first kappa shape index (κ1) is 41.7. The van der Waals surface area contributed by atoms with E-state index in [0.717, 1.165) is 41.1 Å². The first-order valence-electron chi connectivity index (χ1n) is 17.3. The van der Waals surface area contributed by atoms with Crippen LogP contribution in [0.5, 0.6) is 0 Å². The van der Waals surface area contributed by atoms with E-state index in [2.05, 4.69) is 51.8 Å². The number of carbonyl (C=O) groups excluding carboxylic acids is 1. The largest absolute Gasteiger partial charge is 0.481 e. The zero-order chi connectivity index (χ0) is 36.3. The molecule has 1 aromatic carbocycles. The molecule has 1 heterocycles. The molecule has 0 aliphatic heterocycles. The van der Waals surface area contributed by atoms with Gasteiger partial charge in [0.25, 0.3) is 0 Å². The third-order valence-electron chi connectivity index (χ3n) is 9.89. The number of thiazole rings is 1. The Balaban J connectivity index is 2.14. The highest BCUT2D eigenvalue weighted by Gasteiger charge is 2.48. The van der Waals surface area contributed by atoms with Gasteiger partial charge in [0, 0.05) is 16.7 Å². The summed E-state index contributed by atoms with van der Waals surface area (Å²) in [7, 11) is -2.37. The van der Waals surface area contributed by atoms with Crippen molar-refractivity contribution in [2.45, 2.75) is 137 Å². The molecule has 1 aromatic heterocycles. The molecule has 0 spiro atoms. The Morgan fingerprint density at radius 2 is 1.71 bits per heavy atom. The molecule has 5 atom stereocenters. The molecule has 0 unspecified atom stereocenters. The maximum Gasteiger partial charge on any atom is 0.305 e. The molecule has 0 saturated heterocycles. The highest BCUT2D eigenvalue weighted by molar-refractivity contribution is 7.09. The van der Waals surface area contributed by atoms with E-state index in [4.69, 9.17) is 9.16 Å². The fourth-order valence-corrected chi connectivity index (χ4v) is 7.64. The monoisotopic (exact) mass is 699 g/mol. The number of rotatable bonds is 20. The van der Waals surface area contributed by atoms with Crippen LogP contribution in [0.4, 0.5) is 0 Å². The van der Waals surface area contributed by atoms with Crippen LogP contribution in [0, 0.1) is 24.2 Å². The minimum atomic E-state index is -2.37. The van der Waals surface area contributed by atoms with Crippen LogP contribution in [0.25, 0.3) is 6.08 Å². The number of aryl methyl sites for hydroxylation is 1. The first-order valence-corrected chi connectivity index (χ1v) is 21.1. The van der Waals surface area contributed by atoms with Gasteiger partial charge in [-0.05, 0) is 80.8 Å². The summed E-state index contributed by atoms with van der Waals surface area (Å²) in [5, 5.41) is 23.3. The third kappa shape index (κ3) is 12.8. The van der Waals surface area contributed by atoms with Crippen LogP contribution in [0.1, 0.15) is 104 Å². The van der Waals surface area contributed by atoms with Crippen molar-refractivity contribution in [3.8, 4) is 0 Å². The standard InChI is InChI=1S/C39H61NO6SSi/c1-27(19-15-12-13-18-22-33(41)28(2)23-32-26-47-30(4)40-32)36(45-25-31-20-16-14-17-21-31)29(3)37(44)39(8,9)34(24-35(42)43)46-48(10,11)38(5,6)7/h13-14,16-18,20-21,23,26-27,29,33-34,36,41H,12,15,19,22,24-25H2,1-11H3,(H,42,43)/b18-13-,28-23+/t27-,29+,33-,34-,36-/m0/s1. The number of benzene rings is 1. The molecule has 48 heavy (non-hydrogen) atoms. The third-order valence-corrected chi connectivity index (χ3v) is 15.2. The van der Waals surface area contributed by atoms with Crippen LogP contribution in [0.15, 0.2) is 53.4 Å². The lowest BCUT2D eigenvalue weighted by molar-refractivity contribution is -0.148. The Kier molecular flexibility index (Phi) is 16.1. The lowest BCUT2D eigenvalue weighted by atomic mass is 9.73. The molecule has 0 amide bonds. The fraction of sp³-hybridized carbons (Fsp3) is 0.615. The SMILES string of the molecule is C/C(=C\c1csc(C)n1)[C@@H](O)C/C=C\CCC[C@H](C)[C@H](OCc1ccccc1)[C@@H](C)C(=O)C(C)(C)[C@H](CC(=O)O)O[Si](C)(C)C(C)(C)C. The number of ether oxygens (including phenoxy) is 1. The molecule has 0 aliphatic carbocycles. The van der Waals surface area contributed by atoms with Crippen molar-refractivity contribution in [3.05, 3.63) is 69.7 Å². The van der Waals surface area contributed by atoms with E-state index >= 15 is 0 Å². The molecule has 7 nitrogen and oxygen atoms in total. The number of unbranched alkanes of at least 4 members (excludes halogenated alkanes) is 1. The fourth-order valence-electron chi connectivity index (χ4n) is 5.62. The number of allylic oxidation sites excluding steroid dienone is 1. The maximum absolute atomic E-state index is 14.4. The Hall–Kier alpha value is -2.43. The summed E-state index contributed by atoms with van der Waals surface area (Å²) in [5.41, 5.74) is 1.77. The summed E-state index contributed by atoms with van der Waals surface area (Å²) in [4.78, 5) is 30.8. The number of nitrogens with zero attached hydrogens (tertiary/aromatic N) is 1. The minimum absolute atomic E-state index is 0.0394. The van der Waals surface area contributed by atoms with Gasteiger partial charge < -0.3 is 19.4 Å². The first-order chi connectivity index (χ1) is 22.3. The number of aliphatic hydroxyl groups excluding tert-OH is 1. The molecule has 0 aliphatic rings. The molecule has 0 radical (unpaired) electrons. The number of aliphatic hydroxyl groups is 1. The molecule has 9 heteroatoms. The summed E-state index contributed by atoms with van der Waals surface area (Å²) < 4.78 is 13.2. The van der Waals surface area contributed by atoms with Crippen LogP contribution in [-0.2, 0) is 25.4 Å². The number of ketones is 1. The van der Waals surface area contributed by atoms with Gasteiger partial charge in [-0.1, -0.05) is 91.0 Å². The lowest BCUT2D eigenvalue weighted by Gasteiger charge is -2.44. The Morgan fingerprint density at radius 3 is 2.27 bits per heavy atom. The molecule has 0 saturated carbocycles. The predicted octanol–water partition coefficient (Wildman–Crippen LogP) is 9.65. The number of hydrogen-bond donors (Lipinski definition) is 2. The Labute approximate surface area is 295 Å². The number of carbonyl (C=O) groups is 2. The number of hydrogen-bond acceptors (Lipinski definition) is 7. The number of aliphatic carboxylic acids is 1. The van der Waals surface area contributed by atoms with Crippen molar-refractivity contribution in [2.75, 3.05) is 0 Å². The zero-order valence-corrected chi connectivity index (χ0v) is 33.0. The summed E-state index contributed by atoms with van der Waals surface area (Å²) in [6.45, 7) is 22.5. The second kappa shape index (κ2) is 18.5. The highest BCUT2D eigenvalue weighted by atomic mass is 32.1. The van der Waals surface area contributed by atoms with E-state index in [0.29, 0.717) is 13.0 Å². The summed E-state index contributed by atoms with van der Waals surface area (Å²) >= 11 is 1.60. The van der Waals surface area contributed by atoms with Gasteiger partial charge in [0.2, 0.25) is 0 Å². The predicted molar refractivity (Wildman–Crippen MR) is 201 cm³/mol. The molecular formula is C39H61NO6SSi. The van der Waals surface area contributed by atoms with Gasteiger partial charge in [-0.15, -0.1) is 11.3 Å². The summed E-state index contributed by atoms with van der Waals surface area (Å²) in [6.07, 6.45) is 7.34. The van der Waals surface area contributed by atoms with E-state index in [1.165, 1.54) is 0 Å². The van der Waals surface area contributed by atoms with Gasteiger partial charge in [0.15, 0.2) is 8.32 Å². The quantitative estimate of drug-likeness (QED) is 0.0805. The van der Waals surface area contributed by atoms with Crippen LogP contribution < -0.4 is 0 Å². The molecule has 2 aromatic rings. The number of Topliss-reactive ketones (excluding diaryl/α,β-unsaturated/α-hetero) is 1. The van der Waals surface area contributed by atoms with Crippen LogP contribution in [0.2, 0.25) is 18.1 Å².